The number of carbonyl (C=O) groups is 1. The van der Waals surface area contributed by atoms with Crippen LogP contribution in [0.25, 0.3) is 0 Å². The SMILES string of the molecule is CCC(CS)C(=O)c1ccccc1. The summed E-state index contributed by atoms with van der Waals surface area (Å²) >= 11 is 4.16. The van der Waals surface area contributed by atoms with E-state index in [0.717, 1.165) is 12.0 Å². The number of ketones is 1. The largest absolute Gasteiger partial charge is 0.294 e. The van der Waals surface area contributed by atoms with Gasteiger partial charge < -0.3 is 0 Å². The first-order chi connectivity index (χ1) is 6.29. The Morgan fingerprint density at radius 1 is 1.38 bits per heavy atom. The van der Waals surface area contributed by atoms with Crippen LogP contribution in [-0.2, 0) is 0 Å². The minimum absolute atomic E-state index is 0.0609. The van der Waals surface area contributed by atoms with Gasteiger partial charge in [-0.3, -0.25) is 4.79 Å². The van der Waals surface area contributed by atoms with E-state index in [1.165, 1.54) is 0 Å². The maximum absolute atomic E-state index is 11.8. The molecule has 1 rings (SSSR count). The van der Waals surface area contributed by atoms with Crippen LogP contribution in [0.15, 0.2) is 30.3 Å². The summed E-state index contributed by atoms with van der Waals surface area (Å²) in [5.41, 5.74) is 0.795. The van der Waals surface area contributed by atoms with Crippen molar-refractivity contribution in [3.63, 3.8) is 0 Å². The number of thiol groups is 1. The van der Waals surface area contributed by atoms with E-state index in [9.17, 15) is 4.79 Å². The van der Waals surface area contributed by atoms with Crippen LogP contribution in [-0.4, -0.2) is 11.5 Å². The van der Waals surface area contributed by atoms with Gasteiger partial charge in [0.15, 0.2) is 5.78 Å². The van der Waals surface area contributed by atoms with Gasteiger partial charge in [0, 0.05) is 17.2 Å². The molecule has 13 heavy (non-hydrogen) atoms. The molecule has 70 valence electrons. The Labute approximate surface area is 84.6 Å². The van der Waals surface area contributed by atoms with Gasteiger partial charge >= 0.3 is 0 Å². The monoisotopic (exact) mass is 194 g/mol. The average Bonchev–Trinajstić information content (AvgIpc) is 2.21. The normalized spacial score (nSPS) is 12.5. The minimum atomic E-state index is 0.0609. The zero-order chi connectivity index (χ0) is 9.68. The summed E-state index contributed by atoms with van der Waals surface area (Å²) in [5.74, 6) is 0.897. The van der Waals surface area contributed by atoms with Gasteiger partial charge in [-0.1, -0.05) is 37.3 Å². The second kappa shape index (κ2) is 5.07. The van der Waals surface area contributed by atoms with E-state index in [1.54, 1.807) is 0 Å². The van der Waals surface area contributed by atoms with E-state index >= 15 is 0 Å². The van der Waals surface area contributed by atoms with Crippen LogP contribution in [0.5, 0.6) is 0 Å². The highest BCUT2D eigenvalue weighted by molar-refractivity contribution is 7.80. The van der Waals surface area contributed by atoms with Crippen LogP contribution in [0.4, 0.5) is 0 Å². The molecule has 0 spiro atoms. The molecule has 1 aromatic carbocycles. The van der Waals surface area contributed by atoms with Crippen molar-refractivity contribution in [1.82, 2.24) is 0 Å². The summed E-state index contributed by atoms with van der Waals surface area (Å²) in [6.45, 7) is 2.02. The van der Waals surface area contributed by atoms with Crippen molar-refractivity contribution in [2.75, 3.05) is 5.75 Å². The van der Waals surface area contributed by atoms with Crippen molar-refractivity contribution in [3.8, 4) is 0 Å². The zero-order valence-electron chi connectivity index (χ0n) is 7.73. The summed E-state index contributed by atoms with van der Waals surface area (Å²) in [4.78, 5) is 11.8. The predicted octanol–water partition coefficient (Wildman–Crippen LogP) is 2.83. The van der Waals surface area contributed by atoms with E-state index < -0.39 is 0 Å². The fraction of sp³-hybridized carbons (Fsp3) is 0.364. The summed E-state index contributed by atoms with van der Waals surface area (Å²) in [6, 6.07) is 9.40. The molecule has 0 N–H and O–H groups in total. The van der Waals surface area contributed by atoms with Crippen molar-refractivity contribution in [3.05, 3.63) is 35.9 Å². The van der Waals surface area contributed by atoms with Crippen molar-refractivity contribution < 1.29 is 4.79 Å². The van der Waals surface area contributed by atoms with Crippen LogP contribution in [0.2, 0.25) is 0 Å². The van der Waals surface area contributed by atoms with Crippen LogP contribution in [0, 0.1) is 5.92 Å². The van der Waals surface area contributed by atoms with Crippen LogP contribution in [0.1, 0.15) is 23.7 Å². The number of rotatable bonds is 4. The predicted molar refractivity (Wildman–Crippen MR) is 58.4 cm³/mol. The molecule has 2 heteroatoms. The molecule has 0 radical (unpaired) electrons. The van der Waals surface area contributed by atoms with Crippen molar-refractivity contribution in [1.29, 1.82) is 0 Å². The van der Waals surface area contributed by atoms with E-state index in [1.807, 2.05) is 37.3 Å². The molecule has 0 fully saturated rings. The van der Waals surface area contributed by atoms with Gasteiger partial charge in [-0.25, -0.2) is 0 Å². The van der Waals surface area contributed by atoms with E-state index in [2.05, 4.69) is 12.6 Å². The summed E-state index contributed by atoms with van der Waals surface area (Å²) < 4.78 is 0. The van der Waals surface area contributed by atoms with Gasteiger partial charge in [0.25, 0.3) is 0 Å². The molecule has 0 amide bonds. The first-order valence-electron chi connectivity index (χ1n) is 4.49. The van der Waals surface area contributed by atoms with Gasteiger partial charge in [0.05, 0.1) is 0 Å². The third kappa shape index (κ3) is 2.59. The van der Waals surface area contributed by atoms with E-state index in [4.69, 9.17) is 0 Å². The van der Waals surface area contributed by atoms with Crippen LogP contribution < -0.4 is 0 Å². The lowest BCUT2D eigenvalue weighted by molar-refractivity contribution is 0.0930. The lowest BCUT2D eigenvalue weighted by atomic mass is 9.97. The quantitative estimate of drug-likeness (QED) is 0.576. The number of benzene rings is 1. The Balaban J connectivity index is 2.78. The maximum atomic E-state index is 11.8. The van der Waals surface area contributed by atoms with E-state index in [0.29, 0.717) is 5.75 Å². The van der Waals surface area contributed by atoms with Crippen LogP contribution in [0.3, 0.4) is 0 Å². The molecule has 0 aliphatic rings. The highest BCUT2D eigenvalue weighted by Crippen LogP contribution is 2.13. The second-order valence-electron chi connectivity index (χ2n) is 3.02. The standard InChI is InChI=1S/C11H14OS/c1-2-9(8-13)11(12)10-6-4-3-5-7-10/h3-7,9,13H,2,8H2,1H3. The van der Waals surface area contributed by atoms with Gasteiger partial charge in [-0.2, -0.15) is 12.6 Å². The molecule has 1 unspecified atom stereocenters. The third-order valence-corrected chi connectivity index (χ3v) is 2.58. The molecule has 0 aliphatic carbocycles. The number of Topliss-reactive ketones (excluding diaryl/α,β-unsaturated/α-hetero) is 1. The smallest absolute Gasteiger partial charge is 0.166 e. The fourth-order valence-electron chi connectivity index (χ4n) is 1.24. The molecule has 1 aromatic rings. The Morgan fingerprint density at radius 3 is 2.46 bits per heavy atom. The van der Waals surface area contributed by atoms with Crippen molar-refractivity contribution in [2.24, 2.45) is 5.92 Å². The Kier molecular flexibility index (Phi) is 4.03. The Morgan fingerprint density at radius 2 is 2.00 bits per heavy atom. The summed E-state index contributed by atoms with van der Waals surface area (Å²) in [5, 5.41) is 0. The van der Waals surface area contributed by atoms with Gasteiger partial charge in [0.2, 0.25) is 0 Å². The fourth-order valence-corrected chi connectivity index (χ4v) is 1.66. The highest BCUT2D eigenvalue weighted by Gasteiger charge is 2.15. The molecule has 0 bridgehead atoms. The molecule has 0 aliphatic heterocycles. The minimum Gasteiger partial charge on any atom is -0.294 e. The molecule has 0 saturated carbocycles. The molecular formula is C11H14OS. The van der Waals surface area contributed by atoms with Crippen LogP contribution >= 0.6 is 12.6 Å². The van der Waals surface area contributed by atoms with E-state index in [-0.39, 0.29) is 11.7 Å². The number of hydrogen-bond donors (Lipinski definition) is 1. The molecule has 0 aromatic heterocycles. The van der Waals surface area contributed by atoms with Crippen molar-refractivity contribution >= 4 is 18.4 Å². The first-order valence-corrected chi connectivity index (χ1v) is 5.13. The van der Waals surface area contributed by atoms with Crippen molar-refractivity contribution in [2.45, 2.75) is 13.3 Å². The second-order valence-corrected chi connectivity index (χ2v) is 3.38. The molecule has 1 nitrogen and oxygen atoms in total. The third-order valence-electron chi connectivity index (χ3n) is 2.14. The molecule has 0 heterocycles. The van der Waals surface area contributed by atoms with Gasteiger partial charge in [-0.15, -0.1) is 0 Å². The Hall–Kier alpha value is -0.760. The topological polar surface area (TPSA) is 17.1 Å². The average molecular weight is 194 g/mol. The number of hydrogen-bond acceptors (Lipinski definition) is 2. The lowest BCUT2D eigenvalue weighted by Crippen LogP contribution is -2.15. The maximum Gasteiger partial charge on any atom is 0.166 e. The molecular weight excluding hydrogens is 180 g/mol. The lowest BCUT2D eigenvalue weighted by Gasteiger charge is -2.09. The van der Waals surface area contributed by atoms with Gasteiger partial charge in [0.1, 0.15) is 0 Å². The summed E-state index contributed by atoms with van der Waals surface area (Å²) in [6.07, 6.45) is 0.858. The molecule has 0 saturated heterocycles. The molecule has 1 atom stereocenters. The first kappa shape index (κ1) is 10.3. The zero-order valence-corrected chi connectivity index (χ0v) is 8.63. The van der Waals surface area contributed by atoms with Gasteiger partial charge in [-0.05, 0) is 6.42 Å². The highest BCUT2D eigenvalue weighted by atomic mass is 32.1. The Bertz CT molecular complexity index is 265. The number of carbonyl (C=O) groups excluding carboxylic acids is 1. The summed E-state index contributed by atoms with van der Waals surface area (Å²) in [7, 11) is 0.